The number of carbonyl (C=O) groups excluding carboxylic acids is 2. The third-order valence-corrected chi connectivity index (χ3v) is 2.24. The Morgan fingerprint density at radius 3 is 2.60 bits per heavy atom. The molecule has 0 saturated heterocycles. The molecular formula is C12H14O3. The van der Waals surface area contributed by atoms with Crippen LogP contribution in [0.25, 0.3) is 0 Å². The highest BCUT2D eigenvalue weighted by Crippen LogP contribution is 2.26. The average molecular weight is 206 g/mol. The van der Waals surface area contributed by atoms with Crippen molar-refractivity contribution in [2.24, 2.45) is 0 Å². The van der Waals surface area contributed by atoms with E-state index >= 15 is 0 Å². The van der Waals surface area contributed by atoms with E-state index in [9.17, 15) is 9.59 Å². The van der Waals surface area contributed by atoms with E-state index in [2.05, 4.69) is 0 Å². The Bertz CT molecular complexity index is 394. The van der Waals surface area contributed by atoms with Crippen molar-refractivity contribution in [1.82, 2.24) is 0 Å². The van der Waals surface area contributed by atoms with Crippen molar-refractivity contribution in [2.45, 2.75) is 20.8 Å². The predicted molar refractivity (Wildman–Crippen MR) is 57.7 cm³/mol. The molecule has 0 N–H and O–H groups in total. The molecule has 3 heteroatoms. The van der Waals surface area contributed by atoms with E-state index < -0.39 is 0 Å². The summed E-state index contributed by atoms with van der Waals surface area (Å²) in [7, 11) is 0. The first-order chi connectivity index (χ1) is 7.11. The van der Waals surface area contributed by atoms with Crippen molar-refractivity contribution in [3.63, 3.8) is 0 Å². The molecule has 0 atom stereocenters. The molecular weight excluding hydrogens is 192 g/mol. The molecule has 0 fully saturated rings. The second-order valence-electron chi connectivity index (χ2n) is 3.26. The Morgan fingerprint density at radius 2 is 2.13 bits per heavy atom. The SMILES string of the molecule is CCOc1c(C(C)=O)ccc(C=O)c1C. The van der Waals surface area contributed by atoms with Crippen LogP contribution >= 0.6 is 0 Å². The molecule has 0 heterocycles. The molecule has 1 aromatic carbocycles. The Morgan fingerprint density at radius 1 is 1.47 bits per heavy atom. The van der Waals surface area contributed by atoms with Gasteiger partial charge in [0.05, 0.1) is 12.2 Å². The van der Waals surface area contributed by atoms with Crippen LogP contribution < -0.4 is 4.74 Å². The molecule has 0 amide bonds. The number of aldehydes is 1. The first kappa shape index (κ1) is 11.4. The van der Waals surface area contributed by atoms with E-state index in [1.807, 2.05) is 6.92 Å². The third kappa shape index (κ3) is 2.24. The highest BCUT2D eigenvalue weighted by atomic mass is 16.5. The number of ketones is 1. The summed E-state index contributed by atoms with van der Waals surface area (Å²) in [6, 6.07) is 3.27. The molecule has 0 aliphatic rings. The molecule has 1 rings (SSSR count). The molecule has 0 unspecified atom stereocenters. The fourth-order valence-electron chi connectivity index (χ4n) is 1.44. The van der Waals surface area contributed by atoms with E-state index in [-0.39, 0.29) is 5.78 Å². The third-order valence-electron chi connectivity index (χ3n) is 2.24. The van der Waals surface area contributed by atoms with Crippen LogP contribution in [-0.4, -0.2) is 18.7 Å². The minimum Gasteiger partial charge on any atom is -0.493 e. The predicted octanol–water partition coefficient (Wildman–Crippen LogP) is 2.41. The Hall–Kier alpha value is -1.64. The van der Waals surface area contributed by atoms with Crippen molar-refractivity contribution >= 4 is 12.1 Å². The Balaban J connectivity index is 3.36. The summed E-state index contributed by atoms with van der Waals surface area (Å²) < 4.78 is 5.39. The van der Waals surface area contributed by atoms with E-state index in [0.717, 1.165) is 11.8 Å². The lowest BCUT2D eigenvalue weighted by atomic mass is 10.0. The lowest BCUT2D eigenvalue weighted by molar-refractivity contribution is 0.101. The van der Waals surface area contributed by atoms with Crippen molar-refractivity contribution < 1.29 is 14.3 Å². The zero-order valence-electron chi connectivity index (χ0n) is 9.16. The number of hydrogen-bond acceptors (Lipinski definition) is 3. The van der Waals surface area contributed by atoms with Gasteiger partial charge < -0.3 is 4.74 Å². The van der Waals surface area contributed by atoms with Crippen molar-refractivity contribution in [2.75, 3.05) is 6.61 Å². The van der Waals surface area contributed by atoms with Gasteiger partial charge in [0.25, 0.3) is 0 Å². The fraction of sp³-hybridized carbons (Fsp3) is 0.333. The van der Waals surface area contributed by atoms with Gasteiger partial charge in [-0.25, -0.2) is 0 Å². The maximum absolute atomic E-state index is 11.3. The minimum atomic E-state index is -0.0565. The fourth-order valence-corrected chi connectivity index (χ4v) is 1.44. The van der Waals surface area contributed by atoms with E-state index in [1.165, 1.54) is 6.92 Å². The quantitative estimate of drug-likeness (QED) is 0.561. The van der Waals surface area contributed by atoms with Gasteiger partial charge in [-0.2, -0.15) is 0 Å². The van der Waals surface area contributed by atoms with Gasteiger partial charge in [0.1, 0.15) is 12.0 Å². The zero-order chi connectivity index (χ0) is 11.4. The number of ether oxygens (including phenoxy) is 1. The van der Waals surface area contributed by atoms with Crippen LogP contribution in [0.1, 0.15) is 40.1 Å². The lowest BCUT2D eigenvalue weighted by Gasteiger charge is -2.12. The van der Waals surface area contributed by atoms with Crippen molar-refractivity contribution in [3.8, 4) is 5.75 Å². The summed E-state index contributed by atoms with van der Waals surface area (Å²) in [5.74, 6) is 0.466. The van der Waals surface area contributed by atoms with Crippen LogP contribution in [0.15, 0.2) is 12.1 Å². The van der Waals surface area contributed by atoms with Gasteiger partial charge in [-0.05, 0) is 26.8 Å². The summed E-state index contributed by atoms with van der Waals surface area (Å²) in [6.45, 7) is 5.58. The molecule has 0 aromatic heterocycles. The molecule has 0 aliphatic carbocycles. The van der Waals surface area contributed by atoms with Gasteiger partial charge in [-0.3, -0.25) is 9.59 Å². The van der Waals surface area contributed by atoms with E-state index in [1.54, 1.807) is 19.1 Å². The van der Waals surface area contributed by atoms with Crippen LogP contribution in [0.3, 0.4) is 0 Å². The van der Waals surface area contributed by atoms with Gasteiger partial charge >= 0.3 is 0 Å². The van der Waals surface area contributed by atoms with Crippen molar-refractivity contribution in [1.29, 1.82) is 0 Å². The van der Waals surface area contributed by atoms with E-state index in [4.69, 9.17) is 4.74 Å². The molecule has 3 nitrogen and oxygen atoms in total. The minimum absolute atomic E-state index is 0.0565. The van der Waals surface area contributed by atoms with E-state index in [0.29, 0.717) is 23.5 Å². The standard InChI is InChI=1S/C12H14O3/c1-4-15-12-8(2)10(7-13)5-6-11(12)9(3)14/h5-7H,4H2,1-3H3. The number of hydrogen-bond donors (Lipinski definition) is 0. The van der Waals surface area contributed by atoms with Crippen LogP contribution in [0.4, 0.5) is 0 Å². The smallest absolute Gasteiger partial charge is 0.163 e. The van der Waals surface area contributed by atoms with Gasteiger partial charge in [-0.15, -0.1) is 0 Å². The zero-order valence-corrected chi connectivity index (χ0v) is 9.16. The normalized spacial score (nSPS) is 9.80. The maximum atomic E-state index is 11.3. The number of rotatable bonds is 4. The van der Waals surface area contributed by atoms with Crippen molar-refractivity contribution in [3.05, 3.63) is 28.8 Å². The van der Waals surface area contributed by atoms with Gasteiger partial charge in [0.2, 0.25) is 0 Å². The summed E-state index contributed by atoms with van der Waals surface area (Å²) in [5, 5.41) is 0. The highest BCUT2D eigenvalue weighted by molar-refractivity contribution is 5.98. The molecule has 0 radical (unpaired) electrons. The lowest BCUT2D eigenvalue weighted by Crippen LogP contribution is -2.04. The Labute approximate surface area is 89.1 Å². The molecule has 15 heavy (non-hydrogen) atoms. The summed E-state index contributed by atoms with van der Waals surface area (Å²) in [4.78, 5) is 22.0. The number of Topliss-reactive ketones (excluding diaryl/α,β-unsaturated/α-hetero) is 1. The summed E-state index contributed by atoms with van der Waals surface area (Å²) in [6.07, 6.45) is 0.766. The first-order valence-electron chi connectivity index (χ1n) is 4.84. The molecule has 80 valence electrons. The topological polar surface area (TPSA) is 43.4 Å². The second kappa shape index (κ2) is 4.73. The van der Waals surface area contributed by atoms with Gasteiger partial charge in [0.15, 0.2) is 5.78 Å². The monoisotopic (exact) mass is 206 g/mol. The molecule has 0 aliphatic heterocycles. The molecule has 0 saturated carbocycles. The second-order valence-corrected chi connectivity index (χ2v) is 3.26. The van der Waals surface area contributed by atoms with Gasteiger partial charge in [-0.1, -0.05) is 6.07 Å². The van der Waals surface area contributed by atoms with Gasteiger partial charge in [0, 0.05) is 11.1 Å². The maximum Gasteiger partial charge on any atom is 0.163 e. The average Bonchev–Trinajstić information content (AvgIpc) is 2.20. The molecule has 0 spiro atoms. The number of carbonyl (C=O) groups is 2. The first-order valence-corrected chi connectivity index (χ1v) is 4.84. The summed E-state index contributed by atoms with van der Waals surface area (Å²) >= 11 is 0. The summed E-state index contributed by atoms with van der Waals surface area (Å²) in [5.41, 5.74) is 1.81. The molecule has 0 bridgehead atoms. The van der Waals surface area contributed by atoms with Crippen LogP contribution in [0.2, 0.25) is 0 Å². The van der Waals surface area contributed by atoms with Crippen LogP contribution in [0.5, 0.6) is 5.75 Å². The molecule has 1 aromatic rings. The van der Waals surface area contributed by atoms with Crippen LogP contribution in [-0.2, 0) is 0 Å². The van der Waals surface area contributed by atoms with Crippen LogP contribution in [0, 0.1) is 6.92 Å². The Kier molecular flexibility index (Phi) is 3.61. The largest absolute Gasteiger partial charge is 0.493 e. The number of benzene rings is 1. The highest BCUT2D eigenvalue weighted by Gasteiger charge is 2.13.